The molecule has 5 heteroatoms. The third-order valence-corrected chi connectivity index (χ3v) is 5.24. The van der Waals surface area contributed by atoms with Crippen molar-refractivity contribution in [2.24, 2.45) is 0 Å². The minimum absolute atomic E-state index is 0.0181. The van der Waals surface area contributed by atoms with Crippen molar-refractivity contribution in [2.45, 2.75) is 12.8 Å². The number of aromatic carboxylic acids is 1. The first-order chi connectivity index (χ1) is 14.1. The van der Waals surface area contributed by atoms with Crippen molar-refractivity contribution in [3.8, 4) is 22.8 Å². The second-order valence-electron chi connectivity index (χ2n) is 6.96. The van der Waals surface area contributed by atoms with Crippen LogP contribution in [0.5, 0.6) is 11.5 Å². The molecule has 142 valence electrons. The molecule has 4 nitrogen and oxygen atoms in total. The first kappa shape index (κ1) is 17.4. The number of carbonyl (C=O) groups is 1. The predicted molar refractivity (Wildman–Crippen MR) is 105 cm³/mol. The third kappa shape index (κ3) is 2.91. The smallest absolute Gasteiger partial charge is 0.131 e. The summed E-state index contributed by atoms with van der Waals surface area (Å²) in [6.45, 7) is 0. The average Bonchev–Trinajstić information content (AvgIpc) is 2.72. The summed E-state index contributed by atoms with van der Waals surface area (Å²) in [7, 11) is 0. The van der Waals surface area contributed by atoms with Crippen molar-refractivity contribution >= 4 is 16.9 Å². The molecule has 1 heterocycles. The fourth-order valence-corrected chi connectivity index (χ4v) is 3.98. The number of hydrogen-bond acceptors (Lipinski definition) is 4. The van der Waals surface area contributed by atoms with Crippen LogP contribution in [0.25, 0.3) is 22.2 Å². The van der Waals surface area contributed by atoms with Crippen molar-refractivity contribution in [2.75, 3.05) is 0 Å². The van der Waals surface area contributed by atoms with E-state index in [9.17, 15) is 14.3 Å². The Kier molecular flexibility index (Phi) is 4.02. The van der Waals surface area contributed by atoms with Crippen LogP contribution in [0, 0.1) is 5.82 Å². The highest BCUT2D eigenvalue weighted by Gasteiger charge is 2.25. The molecule has 29 heavy (non-hydrogen) atoms. The topological polar surface area (TPSA) is 62.2 Å². The Balaban J connectivity index is 1.72. The first-order valence-corrected chi connectivity index (χ1v) is 9.30. The predicted octanol–water partition coefficient (Wildman–Crippen LogP) is 4.30. The highest BCUT2D eigenvalue weighted by atomic mass is 19.1. The first-order valence-electron chi connectivity index (χ1n) is 9.30. The summed E-state index contributed by atoms with van der Waals surface area (Å²) in [6.07, 6.45) is 1.05. The van der Waals surface area contributed by atoms with Gasteiger partial charge < -0.3 is 14.6 Å². The fraction of sp³-hybridized carbons (Fsp3) is 0.0833. The highest BCUT2D eigenvalue weighted by molar-refractivity contribution is 6.05. The standard InChI is InChI=1S/C24H16FNO3/c25-14-9-12-20-19(13-14)22(24(27)28)18-11-10-16-17(23(18)26-20)7-4-8-21(16)29-15-5-2-1-3-6-15/h1-9,12-13H,10-11H2,(H,27,28)/p-1. The molecule has 1 aromatic heterocycles. The quantitative estimate of drug-likeness (QED) is 0.529. The van der Waals surface area contributed by atoms with Crippen LogP contribution in [0.15, 0.2) is 66.7 Å². The molecule has 1 aliphatic carbocycles. The van der Waals surface area contributed by atoms with Gasteiger partial charge in [-0.25, -0.2) is 9.37 Å². The molecule has 3 aromatic carbocycles. The van der Waals surface area contributed by atoms with Gasteiger partial charge in [-0.3, -0.25) is 0 Å². The Labute approximate surface area is 166 Å². The van der Waals surface area contributed by atoms with Gasteiger partial charge in [-0.1, -0.05) is 30.3 Å². The van der Waals surface area contributed by atoms with Gasteiger partial charge in [0.1, 0.15) is 17.3 Å². The summed E-state index contributed by atoms with van der Waals surface area (Å²) in [5.74, 6) is -0.379. The second kappa shape index (κ2) is 6.71. The van der Waals surface area contributed by atoms with Crippen LogP contribution in [-0.4, -0.2) is 11.0 Å². The number of pyridine rings is 1. The second-order valence-corrected chi connectivity index (χ2v) is 6.96. The van der Waals surface area contributed by atoms with Crippen LogP contribution in [0.3, 0.4) is 0 Å². The van der Waals surface area contributed by atoms with E-state index in [0.29, 0.717) is 29.6 Å². The van der Waals surface area contributed by atoms with Gasteiger partial charge in [-0.05, 0) is 54.8 Å². The van der Waals surface area contributed by atoms with Gasteiger partial charge >= 0.3 is 0 Å². The van der Waals surface area contributed by atoms with Crippen molar-refractivity contribution in [1.29, 1.82) is 0 Å². The van der Waals surface area contributed by atoms with E-state index in [1.54, 1.807) is 0 Å². The SMILES string of the molecule is O=C([O-])c1c2c(nc3ccc(F)cc13)-c1cccc(Oc3ccccc3)c1CC2. The van der Waals surface area contributed by atoms with Crippen molar-refractivity contribution in [1.82, 2.24) is 4.98 Å². The summed E-state index contributed by atoms with van der Waals surface area (Å²) >= 11 is 0. The Hall–Kier alpha value is -3.73. The molecule has 0 fully saturated rings. The summed E-state index contributed by atoms with van der Waals surface area (Å²) in [4.78, 5) is 16.6. The average molecular weight is 384 g/mol. The molecule has 1 aliphatic rings. The molecular weight excluding hydrogens is 369 g/mol. The lowest BCUT2D eigenvalue weighted by Gasteiger charge is -2.25. The van der Waals surface area contributed by atoms with Crippen LogP contribution >= 0.6 is 0 Å². The maximum absolute atomic E-state index is 13.8. The molecule has 0 unspecified atom stereocenters. The van der Waals surface area contributed by atoms with Crippen molar-refractivity contribution < 1.29 is 19.0 Å². The molecule has 0 amide bonds. The molecular formula is C24H15FNO3-. The molecule has 5 rings (SSSR count). The monoisotopic (exact) mass is 384 g/mol. The van der Waals surface area contributed by atoms with E-state index < -0.39 is 11.8 Å². The van der Waals surface area contributed by atoms with E-state index in [1.807, 2.05) is 48.5 Å². The van der Waals surface area contributed by atoms with Crippen LogP contribution in [0.4, 0.5) is 4.39 Å². The van der Waals surface area contributed by atoms with Gasteiger partial charge in [0, 0.05) is 22.1 Å². The zero-order chi connectivity index (χ0) is 20.0. The lowest BCUT2D eigenvalue weighted by molar-refractivity contribution is -0.254. The Morgan fingerprint density at radius 3 is 2.55 bits per heavy atom. The number of ether oxygens (including phenoxy) is 1. The van der Waals surface area contributed by atoms with E-state index >= 15 is 0 Å². The minimum Gasteiger partial charge on any atom is -0.545 e. The van der Waals surface area contributed by atoms with E-state index in [4.69, 9.17) is 4.74 Å². The lowest BCUT2D eigenvalue weighted by Crippen LogP contribution is -2.26. The van der Waals surface area contributed by atoms with Crippen molar-refractivity contribution in [3.63, 3.8) is 0 Å². The zero-order valence-corrected chi connectivity index (χ0v) is 15.3. The number of benzene rings is 3. The molecule has 0 spiro atoms. The lowest BCUT2D eigenvalue weighted by atomic mass is 9.84. The summed E-state index contributed by atoms with van der Waals surface area (Å²) in [6, 6.07) is 19.1. The number of carboxylic acid groups (broad SMARTS) is 1. The van der Waals surface area contributed by atoms with Gasteiger partial charge in [-0.15, -0.1) is 0 Å². The Morgan fingerprint density at radius 2 is 1.76 bits per heavy atom. The molecule has 0 saturated carbocycles. The number of para-hydroxylation sites is 1. The van der Waals surface area contributed by atoms with Crippen LogP contribution in [0.2, 0.25) is 0 Å². The van der Waals surface area contributed by atoms with Gasteiger partial charge in [0.05, 0.1) is 17.2 Å². The molecule has 4 aromatic rings. The van der Waals surface area contributed by atoms with Crippen molar-refractivity contribution in [3.05, 3.63) is 89.2 Å². The summed E-state index contributed by atoms with van der Waals surface area (Å²) < 4.78 is 19.8. The largest absolute Gasteiger partial charge is 0.545 e. The number of aromatic nitrogens is 1. The number of hydrogen-bond donors (Lipinski definition) is 0. The van der Waals surface area contributed by atoms with E-state index in [2.05, 4.69) is 4.98 Å². The van der Waals surface area contributed by atoms with Gasteiger partial charge in [0.25, 0.3) is 0 Å². The zero-order valence-electron chi connectivity index (χ0n) is 15.3. The molecule has 0 atom stereocenters. The number of carboxylic acids is 1. The number of fused-ring (bicyclic) bond motifs is 4. The maximum atomic E-state index is 13.8. The number of carbonyl (C=O) groups excluding carboxylic acids is 1. The van der Waals surface area contributed by atoms with Gasteiger partial charge in [0.15, 0.2) is 0 Å². The van der Waals surface area contributed by atoms with Gasteiger partial charge in [-0.2, -0.15) is 0 Å². The maximum Gasteiger partial charge on any atom is 0.131 e. The molecule has 0 aliphatic heterocycles. The minimum atomic E-state index is -1.32. The number of rotatable bonds is 3. The molecule has 0 saturated heterocycles. The Morgan fingerprint density at radius 1 is 0.966 bits per heavy atom. The number of halogens is 1. The number of nitrogens with zero attached hydrogens (tertiary/aromatic N) is 1. The fourth-order valence-electron chi connectivity index (χ4n) is 3.98. The van der Waals surface area contributed by atoms with Crippen LogP contribution in [0.1, 0.15) is 21.5 Å². The van der Waals surface area contributed by atoms with E-state index in [1.165, 1.54) is 18.2 Å². The van der Waals surface area contributed by atoms with Crippen LogP contribution in [-0.2, 0) is 12.8 Å². The highest BCUT2D eigenvalue weighted by Crippen LogP contribution is 2.41. The van der Waals surface area contributed by atoms with E-state index in [-0.39, 0.29) is 10.9 Å². The Bertz CT molecular complexity index is 1270. The third-order valence-electron chi connectivity index (χ3n) is 5.24. The summed E-state index contributed by atoms with van der Waals surface area (Å²) in [5.41, 5.74) is 3.40. The molecule has 0 radical (unpaired) electrons. The van der Waals surface area contributed by atoms with E-state index in [0.717, 1.165) is 22.6 Å². The van der Waals surface area contributed by atoms with Crippen LogP contribution < -0.4 is 9.84 Å². The molecule has 0 bridgehead atoms. The summed E-state index contributed by atoms with van der Waals surface area (Å²) in [5, 5.41) is 12.2. The van der Waals surface area contributed by atoms with Gasteiger partial charge in [0.2, 0.25) is 0 Å². The molecule has 0 N–H and O–H groups in total. The normalized spacial score (nSPS) is 12.3.